The number of carbonyl (C=O) groups excluding carboxylic acids is 1. The van der Waals surface area contributed by atoms with Crippen LogP contribution in [0.5, 0.6) is 0 Å². The van der Waals surface area contributed by atoms with Crippen LogP contribution in [0.3, 0.4) is 0 Å². The highest BCUT2D eigenvalue weighted by atomic mass is 16.8. The number of rotatable bonds is 50. The molecule has 0 spiro atoms. The Labute approximate surface area is 504 Å². The van der Waals surface area contributed by atoms with E-state index in [2.05, 4.69) is 55.6 Å². The molecule has 3 rings (SSSR count). The van der Waals surface area contributed by atoms with Gasteiger partial charge in [0.15, 0.2) is 18.9 Å². The molecule has 17 atom stereocenters. The molecular weight excluding hydrogens is 1080 g/mol. The summed E-state index contributed by atoms with van der Waals surface area (Å²) in [6.07, 6.45) is 26.4. The van der Waals surface area contributed by atoms with Crippen molar-refractivity contribution in [2.24, 2.45) is 0 Å². The van der Waals surface area contributed by atoms with Crippen molar-refractivity contribution < 1.29 is 89.4 Å². The summed E-state index contributed by atoms with van der Waals surface area (Å²) in [5, 5.41) is 121. The number of amides is 1. The second kappa shape index (κ2) is 47.9. The normalized spacial score (nSPS) is 29.4. The smallest absolute Gasteiger partial charge is 0.220 e. The van der Waals surface area contributed by atoms with Crippen molar-refractivity contribution in [2.75, 3.05) is 26.4 Å². The topological polar surface area (TPSA) is 307 Å². The van der Waals surface area contributed by atoms with Crippen molar-refractivity contribution in [2.45, 2.75) is 343 Å². The van der Waals surface area contributed by atoms with Gasteiger partial charge in [-0.1, -0.05) is 217 Å². The van der Waals surface area contributed by atoms with E-state index < -0.39 is 124 Å². The minimum atomic E-state index is -1.97. The van der Waals surface area contributed by atoms with Crippen LogP contribution < -0.4 is 5.32 Å². The SMILES string of the molecule is CCCCC/C=C\C/C=C\C/C=C\CCCCCCCCC(=O)NC(COC1OC(CO)C(OC2OC(CO)C(OC3OC(CO)C(O)C(O)C3O)C(O)C2O)C(O)C1O)C(O)CCCCCCCCCCCCCCCCCCCCCC. The standard InChI is InChI=1S/C65H119NO18/c1-3-5-7-9-11-13-15-17-19-21-23-25-26-28-30-32-34-36-38-40-42-49(70)48(66-53(71)43-41-39-37-35-33-31-29-27-24-22-20-18-16-14-12-10-8-6-4-2)47-79-63-59(77)56(74)61(51(45-68)81-63)84-65-60(78)57(75)62(52(46-69)82-65)83-64-58(76)55(73)54(72)50(44-67)80-64/h12,14,18,20,24,27,48-52,54-65,67-70,72-78H,3-11,13,15-17,19,21-23,25-26,28-47H2,1-2H3,(H,66,71)/b14-12-,20-18-,27-24-. The van der Waals surface area contributed by atoms with E-state index in [1.54, 1.807) is 0 Å². The molecule has 0 saturated carbocycles. The fourth-order valence-corrected chi connectivity index (χ4v) is 11.3. The fraction of sp³-hybridized carbons (Fsp3) is 0.892. The van der Waals surface area contributed by atoms with E-state index in [1.165, 1.54) is 122 Å². The Bertz CT molecular complexity index is 1670. The molecule has 19 heteroatoms. The maximum atomic E-state index is 13.4. The maximum absolute atomic E-state index is 13.4. The number of hydrogen-bond acceptors (Lipinski definition) is 18. The van der Waals surface area contributed by atoms with Crippen LogP contribution in [0, 0.1) is 0 Å². The summed E-state index contributed by atoms with van der Waals surface area (Å²) in [4.78, 5) is 13.4. The first-order valence-corrected chi connectivity index (χ1v) is 33.2. The Morgan fingerprint density at radius 3 is 1.25 bits per heavy atom. The average molecular weight is 1200 g/mol. The molecule has 0 bridgehead atoms. The van der Waals surface area contributed by atoms with Gasteiger partial charge in [-0.2, -0.15) is 0 Å². The molecule has 0 radical (unpaired) electrons. The van der Waals surface area contributed by atoms with Gasteiger partial charge in [0.05, 0.1) is 38.6 Å². The fourth-order valence-electron chi connectivity index (χ4n) is 11.3. The number of unbranched alkanes of at least 4 members (excludes halogenated alkanes) is 28. The van der Waals surface area contributed by atoms with Crippen molar-refractivity contribution >= 4 is 5.91 Å². The summed E-state index contributed by atoms with van der Waals surface area (Å²) in [5.41, 5.74) is 0. The molecule has 3 fully saturated rings. The van der Waals surface area contributed by atoms with E-state index in [4.69, 9.17) is 28.4 Å². The number of aliphatic hydroxyl groups excluding tert-OH is 11. The monoisotopic (exact) mass is 1200 g/mol. The maximum Gasteiger partial charge on any atom is 0.220 e. The molecule has 0 aromatic heterocycles. The minimum absolute atomic E-state index is 0.252. The first-order valence-electron chi connectivity index (χ1n) is 33.2. The summed E-state index contributed by atoms with van der Waals surface area (Å²) >= 11 is 0. The molecule has 3 heterocycles. The Morgan fingerprint density at radius 1 is 0.429 bits per heavy atom. The van der Waals surface area contributed by atoms with Gasteiger partial charge in [-0.25, -0.2) is 0 Å². The van der Waals surface area contributed by atoms with Crippen molar-refractivity contribution in [3.05, 3.63) is 36.5 Å². The van der Waals surface area contributed by atoms with Crippen molar-refractivity contribution in [3.8, 4) is 0 Å². The van der Waals surface area contributed by atoms with Gasteiger partial charge in [-0.15, -0.1) is 0 Å². The molecule has 17 unspecified atom stereocenters. The summed E-state index contributed by atoms with van der Waals surface area (Å²) in [6.45, 7) is 1.77. The Balaban J connectivity index is 1.46. The quantitative estimate of drug-likeness (QED) is 0.0205. The molecule has 12 N–H and O–H groups in total. The first kappa shape index (κ1) is 76.3. The van der Waals surface area contributed by atoms with Gasteiger partial charge < -0.3 is 89.9 Å². The lowest BCUT2D eigenvalue weighted by Crippen LogP contribution is -2.66. The van der Waals surface area contributed by atoms with Crippen LogP contribution in [-0.4, -0.2) is 193 Å². The Morgan fingerprint density at radius 2 is 0.786 bits per heavy atom. The molecule has 0 aromatic carbocycles. The third-order valence-corrected chi connectivity index (χ3v) is 16.7. The van der Waals surface area contributed by atoms with Crippen LogP contribution in [0.1, 0.15) is 239 Å². The van der Waals surface area contributed by atoms with E-state index >= 15 is 0 Å². The van der Waals surface area contributed by atoms with Crippen molar-refractivity contribution in [1.82, 2.24) is 5.32 Å². The molecule has 3 aliphatic heterocycles. The highest BCUT2D eigenvalue weighted by Crippen LogP contribution is 2.33. The summed E-state index contributed by atoms with van der Waals surface area (Å²) in [5.74, 6) is -0.254. The van der Waals surface area contributed by atoms with E-state index in [9.17, 15) is 61.0 Å². The van der Waals surface area contributed by atoms with E-state index in [0.29, 0.717) is 12.8 Å². The number of ether oxygens (including phenoxy) is 6. The molecular formula is C65H119NO18. The number of allylic oxidation sites excluding steroid dienone is 6. The lowest BCUT2D eigenvalue weighted by Gasteiger charge is -2.48. The summed E-state index contributed by atoms with van der Waals surface area (Å²) in [7, 11) is 0. The van der Waals surface area contributed by atoms with Gasteiger partial charge in [0.1, 0.15) is 73.2 Å². The number of aliphatic hydroxyl groups is 11. The molecule has 492 valence electrons. The first-order chi connectivity index (χ1) is 40.8. The molecule has 1 amide bonds. The van der Waals surface area contributed by atoms with Gasteiger partial charge in [-0.3, -0.25) is 4.79 Å². The highest BCUT2D eigenvalue weighted by Gasteiger charge is 2.53. The largest absolute Gasteiger partial charge is 0.394 e. The van der Waals surface area contributed by atoms with E-state index in [-0.39, 0.29) is 18.9 Å². The van der Waals surface area contributed by atoms with Crippen LogP contribution >= 0.6 is 0 Å². The average Bonchev–Trinajstić information content (AvgIpc) is 2.79. The summed E-state index contributed by atoms with van der Waals surface area (Å²) in [6, 6.07) is -0.895. The van der Waals surface area contributed by atoms with Crippen LogP contribution in [0.2, 0.25) is 0 Å². The molecule has 0 aromatic rings. The zero-order chi connectivity index (χ0) is 61.2. The summed E-state index contributed by atoms with van der Waals surface area (Å²) < 4.78 is 34.4. The van der Waals surface area contributed by atoms with Gasteiger partial charge in [0, 0.05) is 6.42 Å². The number of carbonyl (C=O) groups is 1. The molecule has 3 saturated heterocycles. The van der Waals surface area contributed by atoms with Crippen molar-refractivity contribution in [1.29, 1.82) is 0 Å². The second-order valence-corrected chi connectivity index (χ2v) is 23.9. The minimum Gasteiger partial charge on any atom is -0.394 e. The lowest BCUT2D eigenvalue weighted by atomic mass is 9.96. The lowest BCUT2D eigenvalue weighted by molar-refractivity contribution is -0.379. The van der Waals surface area contributed by atoms with E-state index in [0.717, 1.165) is 83.5 Å². The van der Waals surface area contributed by atoms with Crippen molar-refractivity contribution in [3.63, 3.8) is 0 Å². The highest BCUT2D eigenvalue weighted by molar-refractivity contribution is 5.76. The van der Waals surface area contributed by atoms with Gasteiger partial charge in [0.25, 0.3) is 0 Å². The third-order valence-electron chi connectivity index (χ3n) is 16.7. The Kier molecular flexibility index (Phi) is 43.5. The van der Waals surface area contributed by atoms with Crippen LogP contribution in [0.15, 0.2) is 36.5 Å². The zero-order valence-electron chi connectivity index (χ0n) is 51.6. The zero-order valence-corrected chi connectivity index (χ0v) is 51.6. The van der Waals surface area contributed by atoms with Gasteiger partial charge >= 0.3 is 0 Å². The molecule has 84 heavy (non-hydrogen) atoms. The van der Waals surface area contributed by atoms with E-state index in [1.807, 2.05) is 0 Å². The van der Waals surface area contributed by atoms with Crippen LogP contribution in [-0.2, 0) is 33.2 Å². The van der Waals surface area contributed by atoms with Crippen LogP contribution in [0.4, 0.5) is 0 Å². The van der Waals surface area contributed by atoms with Gasteiger partial charge in [-0.05, 0) is 51.4 Å². The predicted molar refractivity (Wildman–Crippen MR) is 323 cm³/mol. The predicted octanol–water partition coefficient (Wildman–Crippen LogP) is 7.66. The Hall–Kier alpha value is -1.99. The second-order valence-electron chi connectivity index (χ2n) is 23.9. The number of nitrogens with one attached hydrogen (secondary N) is 1. The van der Waals surface area contributed by atoms with Crippen LogP contribution in [0.25, 0.3) is 0 Å². The third kappa shape index (κ3) is 30.5. The van der Waals surface area contributed by atoms with Gasteiger partial charge in [0.2, 0.25) is 5.91 Å². The molecule has 3 aliphatic rings. The number of hydrogen-bond donors (Lipinski definition) is 12. The molecule has 19 nitrogen and oxygen atoms in total. The molecule has 0 aliphatic carbocycles.